The number of carbonyl (C=O) groups is 2. The summed E-state index contributed by atoms with van der Waals surface area (Å²) in [6.45, 7) is 2.56. The zero-order valence-corrected chi connectivity index (χ0v) is 17.7. The Morgan fingerprint density at radius 1 is 1.16 bits per heavy atom. The number of anilines is 1. The second-order valence-corrected chi connectivity index (χ2v) is 7.70. The van der Waals surface area contributed by atoms with Crippen molar-refractivity contribution >= 4 is 17.5 Å². The Bertz CT molecular complexity index is 1070. The van der Waals surface area contributed by atoms with Crippen LogP contribution in [0.15, 0.2) is 60.9 Å². The first-order valence-corrected chi connectivity index (χ1v) is 10.3. The largest absolute Gasteiger partial charge is 0.486 e. The molecule has 0 bridgehead atoms. The van der Waals surface area contributed by atoms with Gasteiger partial charge >= 0.3 is 0 Å². The van der Waals surface area contributed by atoms with Crippen LogP contribution in [0.2, 0.25) is 0 Å². The molecule has 0 saturated heterocycles. The number of aromatic nitrogens is 2. The first-order valence-electron chi connectivity index (χ1n) is 10.3. The number of rotatable bonds is 6. The van der Waals surface area contributed by atoms with E-state index in [4.69, 9.17) is 4.74 Å². The number of fused-ring (bicyclic) bond motifs is 1. The quantitative estimate of drug-likeness (QED) is 0.665. The molecule has 0 spiro atoms. The van der Waals surface area contributed by atoms with Gasteiger partial charge in [-0.05, 0) is 41.8 Å². The maximum atomic E-state index is 12.8. The molecule has 31 heavy (non-hydrogen) atoms. The summed E-state index contributed by atoms with van der Waals surface area (Å²) in [5, 5.41) is 2.94. The van der Waals surface area contributed by atoms with E-state index in [2.05, 4.69) is 16.4 Å². The number of nitrogens with one attached hydrogen (secondary N) is 1. The van der Waals surface area contributed by atoms with Gasteiger partial charge in [0.05, 0.1) is 12.5 Å². The molecule has 1 aliphatic rings. The fourth-order valence-corrected chi connectivity index (χ4v) is 3.95. The zero-order valence-electron chi connectivity index (χ0n) is 17.7. The van der Waals surface area contributed by atoms with Crippen LogP contribution < -0.4 is 10.1 Å². The Balaban J connectivity index is 1.39. The molecule has 3 aromatic rings. The summed E-state index contributed by atoms with van der Waals surface area (Å²) in [5.74, 6) is 1.39. The highest BCUT2D eigenvalue weighted by Gasteiger charge is 2.30. The lowest BCUT2D eigenvalue weighted by Crippen LogP contribution is -2.40. The lowest BCUT2D eigenvalue weighted by molar-refractivity contribution is -0.132. The van der Waals surface area contributed by atoms with Gasteiger partial charge in [0.25, 0.3) is 0 Å². The van der Waals surface area contributed by atoms with Crippen LogP contribution in [-0.4, -0.2) is 32.8 Å². The number of benzene rings is 2. The molecule has 7 heteroatoms. The highest BCUT2D eigenvalue weighted by molar-refractivity contribution is 5.91. The third kappa shape index (κ3) is 4.77. The highest BCUT2D eigenvalue weighted by atomic mass is 16.5. The van der Waals surface area contributed by atoms with Crippen LogP contribution in [0, 0.1) is 0 Å². The van der Waals surface area contributed by atoms with Gasteiger partial charge in [-0.1, -0.05) is 24.3 Å². The monoisotopic (exact) mass is 418 g/mol. The summed E-state index contributed by atoms with van der Waals surface area (Å²) in [6, 6.07) is 15.0. The molecule has 1 atom stereocenters. The van der Waals surface area contributed by atoms with Crippen LogP contribution >= 0.6 is 0 Å². The molecule has 160 valence electrons. The van der Waals surface area contributed by atoms with Gasteiger partial charge in [0.15, 0.2) is 0 Å². The van der Waals surface area contributed by atoms with Gasteiger partial charge in [0, 0.05) is 38.6 Å². The Morgan fingerprint density at radius 2 is 1.94 bits per heavy atom. The fraction of sp³-hybridized carbons (Fsp3) is 0.292. The molecule has 0 radical (unpaired) electrons. The Kier molecular flexibility index (Phi) is 6.02. The Hall–Kier alpha value is -3.61. The third-order valence-electron chi connectivity index (χ3n) is 5.62. The van der Waals surface area contributed by atoms with Crippen molar-refractivity contribution in [2.24, 2.45) is 7.05 Å². The molecule has 2 aromatic carbocycles. The summed E-state index contributed by atoms with van der Waals surface area (Å²) in [6.07, 6.45) is 4.63. The average Bonchev–Trinajstić information content (AvgIpc) is 3.18. The maximum Gasteiger partial charge on any atom is 0.226 e. The Labute approximate surface area is 181 Å². The predicted octanol–water partition coefficient (Wildman–Crippen LogP) is 3.47. The van der Waals surface area contributed by atoms with Crippen molar-refractivity contribution < 1.29 is 14.3 Å². The number of hydrogen-bond acceptors (Lipinski definition) is 4. The maximum absolute atomic E-state index is 12.8. The number of aryl methyl sites for hydroxylation is 1. The lowest BCUT2D eigenvalue weighted by atomic mass is 9.90. The van der Waals surface area contributed by atoms with Crippen molar-refractivity contribution in [3.63, 3.8) is 0 Å². The molecule has 7 nitrogen and oxygen atoms in total. The molecular weight excluding hydrogens is 392 g/mol. The molecule has 1 aromatic heterocycles. The average molecular weight is 418 g/mol. The normalized spacial score (nSPS) is 15.3. The molecule has 0 fully saturated rings. The standard InChI is InChI=1S/C24H26N4O3/c1-17(29)28-13-11-18-5-3-4-6-21(18)22(28)15-24(30)26-19-7-9-20(10-8-19)31-16-23-25-12-14-27(23)2/h3-10,12,14,22H,11,13,15-16H2,1-2H3,(H,26,30). The molecule has 1 unspecified atom stereocenters. The summed E-state index contributed by atoms with van der Waals surface area (Å²) < 4.78 is 7.66. The number of hydrogen-bond donors (Lipinski definition) is 1. The zero-order chi connectivity index (χ0) is 21.8. The topological polar surface area (TPSA) is 76.5 Å². The van der Waals surface area contributed by atoms with Crippen LogP contribution in [0.3, 0.4) is 0 Å². The second kappa shape index (κ2) is 9.04. The van der Waals surface area contributed by atoms with Gasteiger partial charge < -0.3 is 19.5 Å². The van der Waals surface area contributed by atoms with Crippen LogP contribution in [0.1, 0.15) is 36.3 Å². The van der Waals surface area contributed by atoms with Gasteiger partial charge in [-0.2, -0.15) is 0 Å². The smallest absolute Gasteiger partial charge is 0.226 e. The molecule has 2 heterocycles. The predicted molar refractivity (Wildman–Crippen MR) is 118 cm³/mol. The molecule has 0 saturated carbocycles. The van der Waals surface area contributed by atoms with E-state index in [0.717, 1.165) is 17.8 Å². The van der Waals surface area contributed by atoms with Crippen molar-refractivity contribution in [2.45, 2.75) is 32.4 Å². The molecule has 2 amide bonds. The van der Waals surface area contributed by atoms with Crippen LogP contribution in [-0.2, 0) is 29.7 Å². The lowest BCUT2D eigenvalue weighted by Gasteiger charge is -2.36. The van der Waals surface area contributed by atoms with Gasteiger partial charge in [-0.3, -0.25) is 9.59 Å². The van der Waals surface area contributed by atoms with Crippen LogP contribution in [0.4, 0.5) is 5.69 Å². The van der Waals surface area contributed by atoms with Gasteiger partial charge in [-0.25, -0.2) is 4.98 Å². The second-order valence-electron chi connectivity index (χ2n) is 7.70. The van der Waals surface area contributed by atoms with E-state index in [9.17, 15) is 9.59 Å². The van der Waals surface area contributed by atoms with E-state index in [1.807, 2.05) is 60.3 Å². The Morgan fingerprint density at radius 3 is 2.65 bits per heavy atom. The number of imidazole rings is 1. The molecule has 1 aliphatic heterocycles. The van der Waals surface area contributed by atoms with E-state index in [0.29, 0.717) is 24.6 Å². The van der Waals surface area contributed by atoms with E-state index >= 15 is 0 Å². The van der Waals surface area contributed by atoms with Gasteiger partial charge in [-0.15, -0.1) is 0 Å². The summed E-state index contributed by atoms with van der Waals surface area (Å²) >= 11 is 0. The van der Waals surface area contributed by atoms with Crippen molar-refractivity contribution in [3.8, 4) is 5.75 Å². The third-order valence-corrected chi connectivity index (χ3v) is 5.62. The molecule has 1 N–H and O–H groups in total. The molecule has 0 aliphatic carbocycles. The van der Waals surface area contributed by atoms with Gasteiger partial charge in [0.1, 0.15) is 18.2 Å². The number of ether oxygens (including phenoxy) is 1. The minimum atomic E-state index is -0.247. The molecule has 4 rings (SSSR count). The number of amides is 2. The van der Waals surface area contributed by atoms with Crippen molar-refractivity contribution in [2.75, 3.05) is 11.9 Å². The summed E-state index contributed by atoms with van der Waals surface area (Å²) in [7, 11) is 1.92. The molecular formula is C24H26N4O3. The van der Waals surface area contributed by atoms with Crippen LogP contribution in [0.5, 0.6) is 5.75 Å². The van der Waals surface area contributed by atoms with Crippen molar-refractivity contribution in [3.05, 3.63) is 77.9 Å². The minimum absolute atomic E-state index is 0.0125. The number of carbonyl (C=O) groups excluding carboxylic acids is 2. The van der Waals surface area contributed by atoms with Crippen molar-refractivity contribution in [1.29, 1.82) is 0 Å². The van der Waals surface area contributed by atoms with Crippen LogP contribution in [0.25, 0.3) is 0 Å². The fourth-order valence-electron chi connectivity index (χ4n) is 3.95. The van der Waals surface area contributed by atoms with Gasteiger partial charge in [0.2, 0.25) is 11.8 Å². The van der Waals surface area contributed by atoms with E-state index in [1.54, 1.807) is 18.0 Å². The minimum Gasteiger partial charge on any atom is -0.486 e. The first-order chi connectivity index (χ1) is 15.0. The first kappa shape index (κ1) is 20.7. The summed E-state index contributed by atoms with van der Waals surface area (Å²) in [5.41, 5.74) is 2.94. The van der Waals surface area contributed by atoms with E-state index < -0.39 is 0 Å². The SMILES string of the molecule is CC(=O)N1CCc2ccccc2C1CC(=O)Nc1ccc(OCc2nccn2C)cc1. The van der Waals surface area contributed by atoms with Crippen molar-refractivity contribution in [1.82, 2.24) is 14.5 Å². The summed E-state index contributed by atoms with van der Waals surface area (Å²) in [4.78, 5) is 30.9. The van der Waals surface area contributed by atoms with E-state index in [1.165, 1.54) is 5.56 Å². The van der Waals surface area contributed by atoms with E-state index in [-0.39, 0.29) is 24.3 Å². The number of nitrogens with zero attached hydrogens (tertiary/aromatic N) is 3. The highest BCUT2D eigenvalue weighted by Crippen LogP contribution is 2.32.